The Labute approximate surface area is 116 Å². The molecule has 112 valence electrons. The van der Waals surface area contributed by atoms with Gasteiger partial charge >= 0.3 is 6.18 Å². The highest BCUT2D eigenvalue weighted by molar-refractivity contribution is 5.82. The van der Waals surface area contributed by atoms with E-state index in [1.807, 2.05) is 0 Å². The molecule has 1 aromatic rings. The number of hydrogen-bond acceptors (Lipinski definition) is 2. The minimum absolute atomic E-state index is 0.161. The molecule has 6 heteroatoms. The van der Waals surface area contributed by atoms with E-state index in [1.165, 1.54) is 6.07 Å². The van der Waals surface area contributed by atoms with Crippen LogP contribution in [0, 0.1) is 5.41 Å². The van der Waals surface area contributed by atoms with E-state index in [2.05, 4.69) is 5.32 Å². The predicted octanol–water partition coefficient (Wildman–Crippen LogP) is 2.87. The van der Waals surface area contributed by atoms with Gasteiger partial charge < -0.3 is 11.1 Å². The Hall–Kier alpha value is -1.56. The number of hydrogen-bond donors (Lipinski definition) is 2. The zero-order chi connectivity index (χ0) is 15.6. The zero-order valence-electron chi connectivity index (χ0n) is 11.7. The maximum atomic E-state index is 12.6. The molecule has 0 bridgehead atoms. The Kier molecular flexibility index (Phi) is 4.81. The molecule has 1 atom stereocenters. The normalized spacial score (nSPS) is 13.9. The number of benzene rings is 1. The fourth-order valence-electron chi connectivity index (χ4n) is 1.55. The molecule has 0 aromatic heterocycles. The summed E-state index contributed by atoms with van der Waals surface area (Å²) in [5.41, 5.74) is 4.42. The van der Waals surface area contributed by atoms with Gasteiger partial charge in [0.05, 0.1) is 17.0 Å². The summed E-state index contributed by atoms with van der Waals surface area (Å²) in [5, 5.41) is 2.68. The minimum Gasteiger partial charge on any atom is -0.349 e. The van der Waals surface area contributed by atoms with E-state index in [9.17, 15) is 18.0 Å². The molecule has 0 radical (unpaired) electrons. The number of carbonyl (C=O) groups is 1. The van der Waals surface area contributed by atoms with Crippen LogP contribution in [-0.2, 0) is 11.0 Å². The molecule has 3 nitrogen and oxygen atoms in total. The second kappa shape index (κ2) is 5.83. The van der Waals surface area contributed by atoms with Crippen LogP contribution < -0.4 is 11.1 Å². The SMILES string of the molecule is CC(NC(=O)C(C)(C)CN)c1cccc(C(F)(F)F)c1. The Bertz CT molecular complexity index is 484. The van der Waals surface area contributed by atoms with E-state index in [1.54, 1.807) is 26.8 Å². The molecule has 20 heavy (non-hydrogen) atoms. The lowest BCUT2D eigenvalue weighted by atomic mass is 9.92. The first-order chi connectivity index (χ1) is 9.08. The monoisotopic (exact) mass is 288 g/mol. The molecule has 1 unspecified atom stereocenters. The van der Waals surface area contributed by atoms with Crippen molar-refractivity contribution >= 4 is 5.91 Å². The van der Waals surface area contributed by atoms with Crippen LogP contribution >= 0.6 is 0 Å². The Morgan fingerprint density at radius 2 is 1.95 bits per heavy atom. The molecular weight excluding hydrogens is 269 g/mol. The van der Waals surface area contributed by atoms with E-state index >= 15 is 0 Å². The highest BCUT2D eigenvalue weighted by atomic mass is 19.4. The summed E-state index contributed by atoms with van der Waals surface area (Å²) in [7, 11) is 0. The van der Waals surface area contributed by atoms with Gasteiger partial charge in [-0.25, -0.2) is 0 Å². The van der Waals surface area contributed by atoms with Crippen molar-refractivity contribution in [3.05, 3.63) is 35.4 Å². The second-order valence-electron chi connectivity index (χ2n) is 5.41. The fraction of sp³-hybridized carbons (Fsp3) is 0.500. The van der Waals surface area contributed by atoms with Gasteiger partial charge in [0.25, 0.3) is 0 Å². The van der Waals surface area contributed by atoms with E-state index in [0.29, 0.717) is 5.56 Å². The van der Waals surface area contributed by atoms with E-state index < -0.39 is 23.2 Å². The third-order valence-corrected chi connectivity index (χ3v) is 3.19. The average Bonchev–Trinajstić information content (AvgIpc) is 2.37. The zero-order valence-corrected chi connectivity index (χ0v) is 11.7. The highest BCUT2D eigenvalue weighted by Gasteiger charge is 2.31. The van der Waals surface area contributed by atoms with Crippen molar-refractivity contribution < 1.29 is 18.0 Å². The van der Waals surface area contributed by atoms with Crippen LogP contribution in [0.5, 0.6) is 0 Å². The Balaban J connectivity index is 2.89. The van der Waals surface area contributed by atoms with Crippen LogP contribution in [0.2, 0.25) is 0 Å². The average molecular weight is 288 g/mol. The maximum absolute atomic E-state index is 12.6. The van der Waals surface area contributed by atoms with Gasteiger partial charge in [0, 0.05) is 6.54 Å². The molecule has 0 heterocycles. The van der Waals surface area contributed by atoms with Gasteiger partial charge in [-0.3, -0.25) is 4.79 Å². The number of rotatable bonds is 4. The molecule has 0 aliphatic rings. The van der Waals surface area contributed by atoms with Crippen LogP contribution in [0.4, 0.5) is 13.2 Å². The van der Waals surface area contributed by atoms with Crippen molar-refractivity contribution in [3.63, 3.8) is 0 Å². The lowest BCUT2D eigenvalue weighted by molar-refractivity contribution is -0.137. The smallest absolute Gasteiger partial charge is 0.349 e. The molecule has 3 N–H and O–H groups in total. The number of halogens is 3. The number of nitrogens with one attached hydrogen (secondary N) is 1. The summed E-state index contributed by atoms with van der Waals surface area (Å²) in [6.45, 7) is 5.16. The molecule has 0 spiro atoms. The van der Waals surface area contributed by atoms with Gasteiger partial charge in [0.2, 0.25) is 5.91 Å². The Morgan fingerprint density at radius 3 is 2.45 bits per heavy atom. The second-order valence-corrected chi connectivity index (χ2v) is 5.41. The van der Waals surface area contributed by atoms with Gasteiger partial charge in [-0.05, 0) is 38.5 Å². The molecule has 0 saturated heterocycles. The standard InChI is InChI=1S/C14H19F3N2O/c1-9(19-12(20)13(2,3)8-18)10-5-4-6-11(7-10)14(15,16)17/h4-7,9H,8,18H2,1-3H3,(H,19,20). The summed E-state index contributed by atoms with van der Waals surface area (Å²) in [6.07, 6.45) is -4.39. The van der Waals surface area contributed by atoms with Crippen molar-refractivity contribution in [2.45, 2.75) is 33.0 Å². The van der Waals surface area contributed by atoms with E-state index in [4.69, 9.17) is 5.73 Å². The molecule has 1 amide bonds. The van der Waals surface area contributed by atoms with Crippen LogP contribution in [0.3, 0.4) is 0 Å². The largest absolute Gasteiger partial charge is 0.416 e. The van der Waals surface area contributed by atoms with Gasteiger partial charge in [-0.15, -0.1) is 0 Å². The first-order valence-electron chi connectivity index (χ1n) is 6.26. The molecule has 0 aliphatic heterocycles. The van der Waals surface area contributed by atoms with E-state index in [0.717, 1.165) is 12.1 Å². The number of amides is 1. The van der Waals surface area contributed by atoms with Crippen LogP contribution in [-0.4, -0.2) is 12.5 Å². The minimum atomic E-state index is -4.39. The first-order valence-corrected chi connectivity index (χ1v) is 6.26. The summed E-state index contributed by atoms with van der Waals surface area (Å²) >= 11 is 0. The van der Waals surface area contributed by atoms with Crippen LogP contribution in [0.15, 0.2) is 24.3 Å². The molecule has 1 rings (SSSR count). The number of alkyl halides is 3. The van der Waals surface area contributed by atoms with E-state index in [-0.39, 0.29) is 12.5 Å². The van der Waals surface area contributed by atoms with Gasteiger partial charge in [-0.2, -0.15) is 13.2 Å². The first kappa shape index (κ1) is 16.5. The molecule has 0 saturated carbocycles. The maximum Gasteiger partial charge on any atom is 0.416 e. The van der Waals surface area contributed by atoms with Gasteiger partial charge in [0.1, 0.15) is 0 Å². The third-order valence-electron chi connectivity index (χ3n) is 3.19. The lowest BCUT2D eigenvalue weighted by Gasteiger charge is -2.24. The number of carbonyl (C=O) groups excluding carboxylic acids is 1. The molecule has 0 aliphatic carbocycles. The summed E-state index contributed by atoms with van der Waals surface area (Å²) in [4.78, 5) is 11.9. The van der Waals surface area contributed by atoms with Crippen molar-refractivity contribution in [1.29, 1.82) is 0 Å². The number of nitrogens with two attached hydrogens (primary N) is 1. The third kappa shape index (κ3) is 3.96. The van der Waals surface area contributed by atoms with Crippen LogP contribution in [0.25, 0.3) is 0 Å². The lowest BCUT2D eigenvalue weighted by Crippen LogP contribution is -2.42. The van der Waals surface area contributed by atoms with Crippen molar-refractivity contribution in [1.82, 2.24) is 5.32 Å². The summed E-state index contributed by atoms with van der Waals surface area (Å²) < 4.78 is 37.9. The summed E-state index contributed by atoms with van der Waals surface area (Å²) in [6, 6.07) is 4.41. The van der Waals surface area contributed by atoms with Crippen molar-refractivity contribution in [3.8, 4) is 0 Å². The van der Waals surface area contributed by atoms with Gasteiger partial charge in [-0.1, -0.05) is 12.1 Å². The molecule has 1 aromatic carbocycles. The van der Waals surface area contributed by atoms with Crippen LogP contribution in [0.1, 0.15) is 37.9 Å². The van der Waals surface area contributed by atoms with Gasteiger partial charge in [0.15, 0.2) is 0 Å². The summed E-state index contributed by atoms with van der Waals surface area (Å²) in [5.74, 6) is -0.287. The fourth-order valence-corrected chi connectivity index (χ4v) is 1.55. The quantitative estimate of drug-likeness (QED) is 0.895. The predicted molar refractivity (Wildman–Crippen MR) is 70.8 cm³/mol. The molecule has 0 fully saturated rings. The molecular formula is C14H19F3N2O. The van der Waals surface area contributed by atoms with Crippen molar-refractivity contribution in [2.24, 2.45) is 11.1 Å². The Morgan fingerprint density at radius 1 is 1.35 bits per heavy atom. The highest BCUT2D eigenvalue weighted by Crippen LogP contribution is 2.30. The topological polar surface area (TPSA) is 55.1 Å². The van der Waals surface area contributed by atoms with Crippen molar-refractivity contribution in [2.75, 3.05) is 6.54 Å².